The van der Waals surface area contributed by atoms with E-state index in [0.717, 1.165) is 6.08 Å². The number of hydrogen-bond donors (Lipinski definition) is 2. The molecule has 0 bridgehead atoms. The Bertz CT molecular complexity index is 345. The van der Waals surface area contributed by atoms with Crippen LogP contribution in [0.1, 0.15) is 20.8 Å². The monoisotopic (exact) mass is 235 g/mol. The summed E-state index contributed by atoms with van der Waals surface area (Å²) in [5.41, 5.74) is -0.721. The summed E-state index contributed by atoms with van der Waals surface area (Å²) in [6, 6.07) is 0. The van der Waals surface area contributed by atoms with E-state index in [0.29, 0.717) is 0 Å². The molecule has 0 saturated heterocycles. The number of amides is 1. The van der Waals surface area contributed by atoms with Gasteiger partial charge in [-0.15, -0.1) is 0 Å². The minimum atomic E-state index is -4.03. The van der Waals surface area contributed by atoms with Gasteiger partial charge in [-0.3, -0.25) is 9.35 Å². The average Bonchev–Trinajstić information content (AvgIpc) is 2.00. The lowest BCUT2D eigenvalue weighted by Gasteiger charge is -2.31. The van der Waals surface area contributed by atoms with Gasteiger partial charge in [0.15, 0.2) is 0 Å². The van der Waals surface area contributed by atoms with E-state index in [2.05, 4.69) is 11.9 Å². The van der Waals surface area contributed by atoms with Crippen LogP contribution in [0.25, 0.3) is 0 Å². The van der Waals surface area contributed by atoms with Crippen LogP contribution in [0.5, 0.6) is 0 Å². The molecule has 1 amide bonds. The van der Waals surface area contributed by atoms with E-state index in [1.54, 1.807) is 20.8 Å². The highest BCUT2D eigenvalue weighted by Gasteiger charge is 2.30. The summed E-state index contributed by atoms with van der Waals surface area (Å²) in [5, 5.41) is 2.60. The van der Waals surface area contributed by atoms with Crippen molar-refractivity contribution in [2.45, 2.75) is 26.3 Å². The molecule has 0 fully saturated rings. The van der Waals surface area contributed by atoms with E-state index in [4.69, 9.17) is 4.55 Å². The fraction of sp³-hybridized carbons (Fsp3) is 0.667. The van der Waals surface area contributed by atoms with Gasteiger partial charge in [0, 0.05) is 5.54 Å². The van der Waals surface area contributed by atoms with Crippen LogP contribution in [0.3, 0.4) is 0 Å². The van der Waals surface area contributed by atoms with Crippen molar-refractivity contribution < 1.29 is 17.8 Å². The summed E-state index contributed by atoms with van der Waals surface area (Å²) in [6.07, 6.45) is 1.11. The first-order chi connectivity index (χ1) is 6.58. The van der Waals surface area contributed by atoms with Gasteiger partial charge < -0.3 is 5.32 Å². The van der Waals surface area contributed by atoms with Crippen molar-refractivity contribution in [3.05, 3.63) is 12.7 Å². The third kappa shape index (κ3) is 5.54. The van der Waals surface area contributed by atoms with Crippen LogP contribution in [0, 0.1) is 5.92 Å². The van der Waals surface area contributed by atoms with Gasteiger partial charge in [0.2, 0.25) is 5.91 Å². The van der Waals surface area contributed by atoms with Crippen molar-refractivity contribution in [3.8, 4) is 0 Å². The summed E-state index contributed by atoms with van der Waals surface area (Å²) < 4.78 is 30.0. The largest absolute Gasteiger partial charge is 0.347 e. The molecular formula is C9H17NO4S. The fourth-order valence-corrected chi connectivity index (χ4v) is 2.06. The Hall–Kier alpha value is -0.880. The van der Waals surface area contributed by atoms with Crippen LogP contribution in [0.15, 0.2) is 12.7 Å². The lowest BCUT2D eigenvalue weighted by Crippen LogP contribution is -2.49. The Kier molecular flexibility index (Phi) is 4.48. The Morgan fingerprint density at radius 2 is 2.07 bits per heavy atom. The highest BCUT2D eigenvalue weighted by atomic mass is 32.2. The van der Waals surface area contributed by atoms with Crippen molar-refractivity contribution in [1.29, 1.82) is 0 Å². The molecule has 15 heavy (non-hydrogen) atoms. The third-order valence-electron chi connectivity index (χ3n) is 2.32. The standard InChI is InChI=1S/C9H17NO4S/c1-5-8(11)10-9(3,4)7(2)6-15(12,13)14/h5,7H,1,6H2,2-4H3,(H,10,11)(H,12,13,14). The van der Waals surface area contributed by atoms with Crippen molar-refractivity contribution >= 4 is 16.0 Å². The van der Waals surface area contributed by atoms with Crippen LogP contribution in [0.4, 0.5) is 0 Å². The molecule has 0 aliphatic rings. The summed E-state index contributed by atoms with van der Waals surface area (Å²) in [6.45, 7) is 8.30. The average molecular weight is 235 g/mol. The first-order valence-corrected chi connectivity index (χ1v) is 6.09. The Labute approximate surface area is 90.3 Å². The van der Waals surface area contributed by atoms with Crippen molar-refractivity contribution in [2.24, 2.45) is 5.92 Å². The normalized spacial score (nSPS) is 14.4. The second kappa shape index (κ2) is 4.76. The number of rotatable bonds is 5. The Balaban J connectivity index is 4.58. The Morgan fingerprint density at radius 1 is 1.60 bits per heavy atom. The molecule has 0 aromatic rings. The first kappa shape index (κ1) is 14.1. The predicted molar refractivity (Wildman–Crippen MR) is 58.0 cm³/mol. The molecular weight excluding hydrogens is 218 g/mol. The zero-order valence-electron chi connectivity index (χ0n) is 9.15. The van der Waals surface area contributed by atoms with Crippen molar-refractivity contribution in [3.63, 3.8) is 0 Å². The molecule has 0 aromatic carbocycles. The molecule has 5 nitrogen and oxygen atoms in total. The summed E-state index contributed by atoms with van der Waals surface area (Å²) in [5.74, 6) is -1.17. The molecule has 0 aliphatic heterocycles. The van der Waals surface area contributed by atoms with Crippen molar-refractivity contribution in [2.75, 3.05) is 5.75 Å². The smallest absolute Gasteiger partial charge is 0.265 e. The minimum Gasteiger partial charge on any atom is -0.347 e. The molecule has 0 rings (SSSR count). The van der Waals surface area contributed by atoms with Gasteiger partial charge in [-0.05, 0) is 25.8 Å². The molecule has 0 aliphatic carbocycles. The van der Waals surface area contributed by atoms with Gasteiger partial charge in [-0.1, -0.05) is 13.5 Å². The van der Waals surface area contributed by atoms with E-state index in [-0.39, 0.29) is 5.91 Å². The first-order valence-electron chi connectivity index (χ1n) is 4.48. The van der Waals surface area contributed by atoms with Crippen molar-refractivity contribution in [1.82, 2.24) is 5.32 Å². The topological polar surface area (TPSA) is 83.5 Å². The zero-order chi connectivity index (χ0) is 12.3. The predicted octanol–water partition coefficient (Wildman–Crippen LogP) is 0.591. The van der Waals surface area contributed by atoms with E-state index < -0.39 is 27.3 Å². The minimum absolute atomic E-state index is 0.373. The maximum absolute atomic E-state index is 11.1. The maximum atomic E-state index is 11.1. The van der Waals surface area contributed by atoms with Gasteiger partial charge in [-0.25, -0.2) is 0 Å². The van der Waals surface area contributed by atoms with Crippen LogP contribution >= 0.6 is 0 Å². The third-order valence-corrected chi connectivity index (χ3v) is 3.24. The molecule has 1 atom stereocenters. The maximum Gasteiger partial charge on any atom is 0.265 e. The Morgan fingerprint density at radius 3 is 2.40 bits per heavy atom. The molecule has 0 heterocycles. The second-order valence-electron chi connectivity index (χ2n) is 4.06. The highest BCUT2D eigenvalue weighted by molar-refractivity contribution is 7.85. The van der Waals surface area contributed by atoms with Crippen LogP contribution < -0.4 is 5.32 Å². The fourth-order valence-electron chi connectivity index (χ4n) is 1.02. The number of nitrogens with one attached hydrogen (secondary N) is 1. The quantitative estimate of drug-likeness (QED) is 0.539. The van der Waals surface area contributed by atoms with E-state index in [1.165, 1.54) is 0 Å². The molecule has 0 spiro atoms. The lowest BCUT2D eigenvalue weighted by molar-refractivity contribution is -0.118. The SMILES string of the molecule is C=CC(=O)NC(C)(C)C(C)CS(=O)(=O)O. The summed E-state index contributed by atoms with van der Waals surface area (Å²) >= 11 is 0. The lowest BCUT2D eigenvalue weighted by atomic mass is 9.90. The zero-order valence-corrected chi connectivity index (χ0v) is 9.97. The van der Waals surface area contributed by atoms with Crippen LogP contribution in [-0.2, 0) is 14.9 Å². The number of carbonyl (C=O) groups is 1. The summed E-state index contributed by atoms with van der Waals surface area (Å²) in [4.78, 5) is 11.1. The summed E-state index contributed by atoms with van der Waals surface area (Å²) in [7, 11) is -4.03. The van der Waals surface area contributed by atoms with Gasteiger partial charge in [0.05, 0.1) is 5.75 Å². The van der Waals surface area contributed by atoms with Gasteiger partial charge in [0.1, 0.15) is 0 Å². The van der Waals surface area contributed by atoms with E-state index >= 15 is 0 Å². The molecule has 0 aromatic heterocycles. The highest BCUT2D eigenvalue weighted by Crippen LogP contribution is 2.17. The molecule has 0 radical (unpaired) electrons. The van der Waals surface area contributed by atoms with Gasteiger partial charge in [0.25, 0.3) is 10.1 Å². The van der Waals surface area contributed by atoms with E-state index in [9.17, 15) is 13.2 Å². The molecule has 1 unspecified atom stereocenters. The molecule has 0 saturated carbocycles. The van der Waals surface area contributed by atoms with E-state index in [1.807, 2.05) is 0 Å². The molecule has 6 heteroatoms. The number of hydrogen-bond acceptors (Lipinski definition) is 3. The van der Waals surface area contributed by atoms with Gasteiger partial charge >= 0.3 is 0 Å². The van der Waals surface area contributed by atoms with Crippen LogP contribution in [-0.4, -0.2) is 30.2 Å². The number of carbonyl (C=O) groups excluding carboxylic acids is 1. The molecule has 88 valence electrons. The molecule has 2 N–H and O–H groups in total. The van der Waals surface area contributed by atoms with Gasteiger partial charge in [-0.2, -0.15) is 8.42 Å². The van der Waals surface area contributed by atoms with Crippen LogP contribution in [0.2, 0.25) is 0 Å². The second-order valence-corrected chi connectivity index (χ2v) is 5.56.